The molecule has 0 aromatic rings. The SMILES string of the molecule is CCC1(C)OC(C(C)=O)=C(C)C1(C)C. The van der Waals surface area contributed by atoms with Gasteiger partial charge in [0.15, 0.2) is 11.5 Å². The van der Waals surface area contributed by atoms with Crippen LogP contribution in [0, 0.1) is 5.41 Å². The summed E-state index contributed by atoms with van der Waals surface area (Å²) in [7, 11) is 0. The topological polar surface area (TPSA) is 26.3 Å². The quantitative estimate of drug-likeness (QED) is 0.678. The summed E-state index contributed by atoms with van der Waals surface area (Å²) < 4.78 is 5.82. The Balaban J connectivity index is 3.18. The van der Waals surface area contributed by atoms with Crippen LogP contribution in [0.15, 0.2) is 11.3 Å². The summed E-state index contributed by atoms with van der Waals surface area (Å²) in [6.45, 7) is 12.0. The molecule has 1 aliphatic rings. The molecule has 2 heteroatoms. The van der Waals surface area contributed by atoms with Crippen molar-refractivity contribution in [3.8, 4) is 0 Å². The van der Waals surface area contributed by atoms with Crippen molar-refractivity contribution in [2.45, 2.75) is 53.6 Å². The Morgan fingerprint density at radius 3 is 2.07 bits per heavy atom. The second kappa shape index (κ2) is 3.11. The van der Waals surface area contributed by atoms with Crippen LogP contribution >= 0.6 is 0 Å². The number of carbonyl (C=O) groups excluding carboxylic acids is 1. The highest BCUT2D eigenvalue weighted by Crippen LogP contribution is 2.50. The average Bonchev–Trinajstić information content (AvgIpc) is 2.27. The molecule has 2 nitrogen and oxygen atoms in total. The van der Waals surface area contributed by atoms with E-state index < -0.39 is 0 Å². The lowest BCUT2D eigenvalue weighted by atomic mass is 9.71. The van der Waals surface area contributed by atoms with Gasteiger partial charge in [0.25, 0.3) is 0 Å². The van der Waals surface area contributed by atoms with Crippen molar-refractivity contribution >= 4 is 5.78 Å². The van der Waals surface area contributed by atoms with Crippen molar-refractivity contribution in [2.75, 3.05) is 0 Å². The van der Waals surface area contributed by atoms with Crippen LogP contribution in [-0.4, -0.2) is 11.4 Å². The molecule has 0 spiro atoms. The first kappa shape index (κ1) is 11.3. The zero-order valence-corrected chi connectivity index (χ0v) is 10.0. The zero-order valence-electron chi connectivity index (χ0n) is 10.0. The van der Waals surface area contributed by atoms with Gasteiger partial charge in [0.2, 0.25) is 0 Å². The number of hydrogen-bond acceptors (Lipinski definition) is 2. The van der Waals surface area contributed by atoms with Crippen molar-refractivity contribution in [1.29, 1.82) is 0 Å². The molecule has 0 saturated heterocycles. The summed E-state index contributed by atoms with van der Waals surface area (Å²) in [6, 6.07) is 0. The van der Waals surface area contributed by atoms with Crippen LogP contribution in [0.2, 0.25) is 0 Å². The fourth-order valence-electron chi connectivity index (χ4n) is 1.96. The number of ketones is 1. The van der Waals surface area contributed by atoms with Crippen molar-refractivity contribution in [3.05, 3.63) is 11.3 Å². The molecule has 14 heavy (non-hydrogen) atoms. The van der Waals surface area contributed by atoms with Crippen LogP contribution in [0.4, 0.5) is 0 Å². The fraction of sp³-hybridized carbons (Fsp3) is 0.750. The summed E-state index contributed by atoms with van der Waals surface area (Å²) in [6.07, 6.45) is 0.911. The second-order valence-corrected chi connectivity index (χ2v) is 4.82. The summed E-state index contributed by atoms with van der Waals surface area (Å²) in [5, 5.41) is 0. The van der Waals surface area contributed by atoms with Crippen molar-refractivity contribution in [3.63, 3.8) is 0 Å². The van der Waals surface area contributed by atoms with E-state index in [9.17, 15) is 4.79 Å². The smallest absolute Gasteiger partial charge is 0.194 e. The molecule has 1 heterocycles. The van der Waals surface area contributed by atoms with Gasteiger partial charge in [-0.1, -0.05) is 20.8 Å². The highest BCUT2D eigenvalue weighted by molar-refractivity contribution is 5.92. The van der Waals surface area contributed by atoms with Crippen molar-refractivity contribution in [2.24, 2.45) is 5.41 Å². The number of allylic oxidation sites excluding steroid dienone is 1. The predicted octanol–water partition coefficient (Wildman–Crippen LogP) is 3.07. The van der Waals surface area contributed by atoms with E-state index in [0.717, 1.165) is 12.0 Å². The third-order valence-corrected chi connectivity index (χ3v) is 3.92. The molecule has 1 aliphatic heterocycles. The average molecular weight is 196 g/mol. The van der Waals surface area contributed by atoms with E-state index >= 15 is 0 Å². The Bertz CT molecular complexity index is 299. The van der Waals surface area contributed by atoms with E-state index in [1.165, 1.54) is 0 Å². The molecule has 0 aromatic carbocycles. The van der Waals surface area contributed by atoms with E-state index in [-0.39, 0.29) is 16.8 Å². The van der Waals surface area contributed by atoms with E-state index in [2.05, 4.69) is 27.7 Å². The van der Waals surface area contributed by atoms with Gasteiger partial charge in [-0.25, -0.2) is 0 Å². The molecule has 0 aliphatic carbocycles. The molecule has 1 atom stereocenters. The lowest BCUT2D eigenvalue weighted by molar-refractivity contribution is -0.120. The minimum absolute atomic E-state index is 0.0350. The maximum absolute atomic E-state index is 11.4. The number of rotatable bonds is 2. The summed E-state index contributed by atoms with van der Waals surface area (Å²) in [5.41, 5.74) is 0.787. The first-order valence-electron chi connectivity index (χ1n) is 5.17. The Morgan fingerprint density at radius 1 is 1.36 bits per heavy atom. The minimum atomic E-state index is -0.238. The van der Waals surface area contributed by atoms with Gasteiger partial charge in [-0.3, -0.25) is 4.79 Å². The third-order valence-electron chi connectivity index (χ3n) is 3.92. The van der Waals surface area contributed by atoms with Crippen LogP contribution in [0.5, 0.6) is 0 Å². The molecule has 0 bridgehead atoms. The predicted molar refractivity (Wildman–Crippen MR) is 56.9 cm³/mol. The van der Waals surface area contributed by atoms with Gasteiger partial charge < -0.3 is 4.74 Å². The molecule has 0 radical (unpaired) electrons. The van der Waals surface area contributed by atoms with Gasteiger partial charge >= 0.3 is 0 Å². The van der Waals surface area contributed by atoms with Crippen LogP contribution in [0.25, 0.3) is 0 Å². The molecular formula is C12H20O2. The highest BCUT2D eigenvalue weighted by atomic mass is 16.5. The van der Waals surface area contributed by atoms with Gasteiger partial charge in [-0.15, -0.1) is 0 Å². The van der Waals surface area contributed by atoms with Crippen molar-refractivity contribution < 1.29 is 9.53 Å². The molecule has 0 aromatic heterocycles. The van der Waals surface area contributed by atoms with E-state index in [0.29, 0.717) is 5.76 Å². The van der Waals surface area contributed by atoms with E-state index in [1.807, 2.05) is 6.92 Å². The molecule has 0 N–H and O–H groups in total. The van der Waals surface area contributed by atoms with Crippen LogP contribution in [-0.2, 0) is 9.53 Å². The number of ether oxygens (including phenoxy) is 1. The molecule has 0 amide bonds. The molecule has 1 unspecified atom stereocenters. The van der Waals surface area contributed by atoms with E-state index in [4.69, 9.17) is 4.74 Å². The normalized spacial score (nSPS) is 30.4. The monoisotopic (exact) mass is 196 g/mol. The Kier molecular flexibility index (Phi) is 2.51. The van der Waals surface area contributed by atoms with Crippen LogP contribution in [0.3, 0.4) is 0 Å². The molecule has 80 valence electrons. The third kappa shape index (κ3) is 1.28. The maximum atomic E-state index is 11.4. The standard InChI is InChI=1S/C12H20O2/c1-7-12(6)11(4,5)8(2)10(14-12)9(3)13/h7H2,1-6H3. The number of hydrogen-bond donors (Lipinski definition) is 0. The molecule has 0 fully saturated rings. The van der Waals surface area contributed by atoms with Crippen molar-refractivity contribution in [1.82, 2.24) is 0 Å². The Hall–Kier alpha value is -0.790. The van der Waals surface area contributed by atoms with E-state index in [1.54, 1.807) is 6.92 Å². The largest absolute Gasteiger partial charge is 0.483 e. The first-order valence-corrected chi connectivity index (χ1v) is 5.17. The second-order valence-electron chi connectivity index (χ2n) is 4.82. The lowest BCUT2D eigenvalue weighted by Gasteiger charge is -2.37. The van der Waals surface area contributed by atoms with Gasteiger partial charge in [0.05, 0.1) is 0 Å². The van der Waals surface area contributed by atoms with Gasteiger partial charge in [-0.05, 0) is 25.8 Å². The summed E-state index contributed by atoms with van der Waals surface area (Å²) in [4.78, 5) is 11.4. The van der Waals surface area contributed by atoms with Crippen LogP contribution in [0.1, 0.15) is 48.0 Å². The van der Waals surface area contributed by atoms with Crippen LogP contribution < -0.4 is 0 Å². The fourth-order valence-corrected chi connectivity index (χ4v) is 1.96. The molecular weight excluding hydrogens is 176 g/mol. The Morgan fingerprint density at radius 2 is 1.86 bits per heavy atom. The zero-order chi connectivity index (χ0) is 11.1. The number of carbonyl (C=O) groups is 1. The van der Waals surface area contributed by atoms with Gasteiger partial charge in [0.1, 0.15) is 5.60 Å². The maximum Gasteiger partial charge on any atom is 0.194 e. The first-order chi connectivity index (χ1) is 6.26. The summed E-state index contributed by atoms with van der Waals surface area (Å²) in [5.74, 6) is 0.604. The van der Waals surface area contributed by atoms with Gasteiger partial charge in [-0.2, -0.15) is 0 Å². The minimum Gasteiger partial charge on any atom is -0.483 e. The Labute approximate surface area is 86.3 Å². The molecule has 0 saturated carbocycles. The summed E-state index contributed by atoms with van der Waals surface area (Å²) >= 11 is 0. The number of Topliss-reactive ketones (excluding diaryl/α,β-unsaturated/α-hetero) is 1. The highest BCUT2D eigenvalue weighted by Gasteiger charge is 2.50. The lowest BCUT2D eigenvalue weighted by Crippen LogP contribution is -2.39. The van der Waals surface area contributed by atoms with Gasteiger partial charge in [0, 0.05) is 12.3 Å². The molecule has 1 rings (SSSR count).